The Morgan fingerprint density at radius 1 is 1.62 bits per heavy atom. The van der Waals surface area contributed by atoms with Crippen molar-refractivity contribution in [1.82, 2.24) is 5.43 Å². The van der Waals surface area contributed by atoms with Gasteiger partial charge in [0.15, 0.2) is 0 Å². The van der Waals surface area contributed by atoms with Crippen LogP contribution in [-0.4, -0.2) is 19.3 Å². The molecule has 16 heavy (non-hydrogen) atoms. The fourth-order valence-corrected chi connectivity index (χ4v) is 3.25. The van der Waals surface area contributed by atoms with Gasteiger partial charge >= 0.3 is 0 Å². The molecule has 0 aliphatic rings. The van der Waals surface area contributed by atoms with Gasteiger partial charge in [0.2, 0.25) is 0 Å². The molecule has 0 amide bonds. The summed E-state index contributed by atoms with van der Waals surface area (Å²) in [5.74, 6) is 5.60. The first kappa shape index (κ1) is 14.1. The molecule has 1 rings (SSSR count). The summed E-state index contributed by atoms with van der Waals surface area (Å²) in [6.07, 6.45) is 3.21. The predicted octanol–water partition coefficient (Wildman–Crippen LogP) is 2.70. The number of rotatable bonds is 7. The Hall–Kier alpha value is 0.0600. The van der Waals surface area contributed by atoms with E-state index in [0.29, 0.717) is 0 Å². The second-order valence-corrected chi connectivity index (χ2v) is 5.68. The molecule has 2 atom stereocenters. The van der Waals surface area contributed by atoms with Gasteiger partial charge in [-0.3, -0.25) is 11.3 Å². The van der Waals surface area contributed by atoms with Gasteiger partial charge < -0.3 is 4.74 Å². The third-order valence-corrected chi connectivity index (χ3v) is 4.30. The molecule has 0 radical (unpaired) electrons. The molecule has 0 aliphatic heterocycles. The van der Waals surface area contributed by atoms with Crippen molar-refractivity contribution < 1.29 is 4.74 Å². The highest BCUT2D eigenvalue weighted by Crippen LogP contribution is 2.22. The van der Waals surface area contributed by atoms with Crippen molar-refractivity contribution in [3.63, 3.8) is 0 Å². The highest BCUT2D eigenvalue weighted by atomic mass is 79.9. The lowest BCUT2D eigenvalue weighted by Crippen LogP contribution is -2.46. The van der Waals surface area contributed by atoms with E-state index >= 15 is 0 Å². The lowest BCUT2D eigenvalue weighted by atomic mass is 10.0. The van der Waals surface area contributed by atoms with Crippen LogP contribution in [0.15, 0.2) is 15.9 Å². The molecule has 0 fully saturated rings. The molecule has 0 saturated carbocycles. The zero-order valence-electron chi connectivity index (χ0n) is 9.70. The van der Waals surface area contributed by atoms with Gasteiger partial charge in [0.05, 0.1) is 12.1 Å². The van der Waals surface area contributed by atoms with Crippen molar-refractivity contribution in [1.29, 1.82) is 0 Å². The summed E-state index contributed by atoms with van der Waals surface area (Å²) in [5.41, 5.74) is 2.86. The highest BCUT2D eigenvalue weighted by Gasteiger charge is 2.20. The van der Waals surface area contributed by atoms with Crippen LogP contribution >= 0.6 is 27.3 Å². The number of halogens is 1. The van der Waals surface area contributed by atoms with Crippen LogP contribution in [0, 0.1) is 0 Å². The molecule has 0 aromatic carbocycles. The number of thiophene rings is 1. The van der Waals surface area contributed by atoms with Gasteiger partial charge in [0.25, 0.3) is 0 Å². The van der Waals surface area contributed by atoms with Crippen LogP contribution in [0.5, 0.6) is 0 Å². The summed E-state index contributed by atoms with van der Waals surface area (Å²) < 4.78 is 6.61. The molecule has 3 nitrogen and oxygen atoms in total. The second kappa shape index (κ2) is 7.40. The fourth-order valence-electron chi connectivity index (χ4n) is 1.74. The Morgan fingerprint density at radius 3 is 2.81 bits per heavy atom. The van der Waals surface area contributed by atoms with Crippen molar-refractivity contribution in [3.05, 3.63) is 20.8 Å². The maximum atomic E-state index is 5.60. The largest absolute Gasteiger partial charge is 0.380 e. The van der Waals surface area contributed by atoms with Crippen LogP contribution in [0.3, 0.4) is 0 Å². The summed E-state index contributed by atoms with van der Waals surface area (Å²) >= 11 is 5.20. The standard InChI is InChI=1S/C11H19BrN2OS/c1-3-4-11(15-2)10(14-13)6-9-5-8(12)7-16-9/h5,7,10-11,14H,3-4,6,13H2,1-2H3. The molecule has 1 aromatic rings. The van der Waals surface area contributed by atoms with Crippen molar-refractivity contribution in [3.8, 4) is 0 Å². The van der Waals surface area contributed by atoms with Crippen LogP contribution in [-0.2, 0) is 11.2 Å². The van der Waals surface area contributed by atoms with Crippen LogP contribution < -0.4 is 11.3 Å². The summed E-state index contributed by atoms with van der Waals surface area (Å²) in [6, 6.07) is 2.31. The van der Waals surface area contributed by atoms with E-state index in [2.05, 4.69) is 39.7 Å². The van der Waals surface area contributed by atoms with Crippen LogP contribution in [0.25, 0.3) is 0 Å². The Morgan fingerprint density at radius 2 is 2.38 bits per heavy atom. The van der Waals surface area contributed by atoms with Gasteiger partial charge in [-0.2, -0.15) is 0 Å². The third kappa shape index (κ3) is 4.14. The summed E-state index contributed by atoms with van der Waals surface area (Å²) in [5, 5.41) is 2.09. The van der Waals surface area contributed by atoms with Crippen molar-refractivity contribution in [2.24, 2.45) is 5.84 Å². The molecule has 5 heteroatoms. The average Bonchev–Trinajstić information content (AvgIpc) is 2.69. The van der Waals surface area contributed by atoms with E-state index in [-0.39, 0.29) is 12.1 Å². The van der Waals surface area contributed by atoms with Crippen LogP contribution in [0.4, 0.5) is 0 Å². The molecule has 2 unspecified atom stereocenters. The Balaban J connectivity index is 2.59. The van der Waals surface area contributed by atoms with E-state index in [9.17, 15) is 0 Å². The van der Waals surface area contributed by atoms with Crippen LogP contribution in [0.1, 0.15) is 24.6 Å². The average molecular weight is 307 g/mol. The van der Waals surface area contributed by atoms with E-state index < -0.39 is 0 Å². The number of nitrogens with two attached hydrogens (primary N) is 1. The molecule has 0 bridgehead atoms. The zero-order chi connectivity index (χ0) is 12.0. The van der Waals surface area contributed by atoms with Crippen molar-refractivity contribution in [2.45, 2.75) is 38.3 Å². The molecule has 0 aliphatic carbocycles. The monoisotopic (exact) mass is 306 g/mol. The minimum Gasteiger partial charge on any atom is -0.380 e. The van der Waals surface area contributed by atoms with Gasteiger partial charge in [-0.1, -0.05) is 13.3 Å². The van der Waals surface area contributed by atoms with Gasteiger partial charge in [-0.25, -0.2) is 0 Å². The number of hydrogen-bond acceptors (Lipinski definition) is 4. The van der Waals surface area contributed by atoms with E-state index in [1.54, 1.807) is 18.4 Å². The maximum absolute atomic E-state index is 5.60. The summed E-state index contributed by atoms with van der Waals surface area (Å²) in [4.78, 5) is 1.31. The maximum Gasteiger partial charge on any atom is 0.0741 e. The van der Waals surface area contributed by atoms with Crippen LogP contribution in [0.2, 0.25) is 0 Å². The molecular weight excluding hydrogens is 288 g/mol. The number of hydrazine groups is 1. The first-order valence-corrected chi connectivity index (χ1v) is 7.10. The smallest absolute Gasteiger partial charge is 0.0741 e. The molecule has 0 spiro atoms. The SMILES string of the molecule is CCCC(OC)C(Cc1cc(Br)cs1)NN. The first-order valence-electron chi connectivity index (χ1n) is 5.43. The summed E-state index contributed by atoms with van der Waals surface area (Å²) in [7, 11) is 1.75. The molecule has 0 saturated heterocycles. The zero-order valence-corrected chi connectivity index (χ0v) is 12.1. The lowest BCUT2D eigenvalue weighted by Gasteiger charge is -2.24. The Bertz CT molecular complexity index is 306. The van der Waals surface area contributed by atoms with Crippen molar-refractivity contribution >= 4 is 27.3 Å². The number of ether oxygens (including phenoxy) is 1. The first-order chi connectivity index (χ1) is 7.71. The van der Waals surface area contributed by atoms with E-state index in [0.717, 1.165) is 23.7 Å². The Labute approximate surface area is 109 Å². The van der Waals surface area contributed by atoms with E-state index in [1.165, 1.54) is 4.88 Å². The van der Waals surface area contributed by atoms with Crippen molar-refractivity contribution in [2.75, 3.05) is 7.11 Å². The van der Waals surface area contributed by atoms with Gasteiger partial charge in [-0.05, 0) is 28.4 Å². The second-order valence-electron chi connectivity index (χ2n) is 3.77. The molecule has 3 N–H and O–H groups in total. The molecule has 92 valence electrons. The number of methoxy groups -OCH3 is 1. The topological polar surface area (TPSA) is 47.3 Å². The fraction of sp³-hybridized carbons (Fsp3) is 0.636. The predicted molar refractivity (Wildman–Crippen MR) is 72.5 cm³/mol. The normalized spacial score (nSPS) is 15.0. The van der Waals surface area contributed by atoms with E-state index in [1.807, 2.05) is 0 Å². The minimum absolute atomic E-state index is 0.176. The lowest BCUT2D eigenvalue weighted by molar-refractivity contribution is 0.0611. The number of nitrogens with one attached hydrogen (secondary N) is 1. The number of hydrogen-bond donors (Lipinski definition) is 2. The molecular formula is C11H19BrN2OS. The molecule has 1 heterocycles. The Kier molecular flexibility index (Phi) is 6.53. The quantitative estimate of drug-likeness (QED) is 0.601. The summed E-state index contributed by atoms with van der Waals surface area (Å²) in [6.45, 7) is 2.15. The van der Waals surface area contributed by atoms with Gasteiger partial charge in [0.1, 0.15) is 0 Å². The van der Waals surface area contributed by atoms with Gasteiger partial charge in [0, 0.05) is 28.3 Å². The minimum atomic E-state index is 0.176. The van der Waals surface area contributed by atoms with Gasteiger partial charge in [-0.15, -0.1) is 11.3 Å². The highest BCUT2D eigenvalue weighted by molar-refractivity contribution is 9.10. The van der Waals surface area contributed by atoms with E-state index in [4.69, 9.17) is 10.6 Å². The third-order valence-electron chi connectivity index (χ3n) is 2.58. The molecule has 1 aromatic heterocycles.